The number of aryl methyl sites for hydroxylation is 1. The van der Waals surface area contributed by atoms with Crippen LogP contribution in [0.2, 0.25) is 5.02 Å². The molecule has 0 fully saturated rings. The highest BCUT2D eigenvalue weighted by Gasteiger charge is 2.27. The molecule has 2 N–H and O–H groups in total. The van der Waals surface area contributed by atoms with Crippen molar-refractivity contribution in [1.82, 2.24) is 0 Å². The highest BCUT2D eigenvalue weighted by atomic mass is 35.5. The minimum absolute atomic E-state index is 0.355. The van der Waals surface area contributed by atoms with Gasteiger partial charge >= 0.3 is 0 Å². The Morgan fingerprint density at radius 3 is 2.76 bits per heavy atom. The van der Waals surface area contributed by atoms with Gasteiger partial charge in [-0.1, -0.05) is 48.0 Å². The largest absolute Gasteiger partial charge is 0.385 e. The van der Waals surface area contributed by atoms with Crippen LogP contribution < -0.4 is 4.90 Å². The lowest BCUT2D eigenvalue weighted by molar-refractivity contribution is -0.916. The van der Waals surface area contributed by atoms with Crippen molar-refractivity contribution < 1.29 is 14.7 Å². The third-order valence-electron chi connectivity index (χ3n) is 5.01. The van der Waals surface area contributed by atoms with E-state index in [4.69, 9.17) is 16.3 Å². The summed E-state index contributed by atoms with van der Waals surface area (Å²) in [6.07, 6.45) is 3.12. The van der Waals surface area contributed by atoms with Gasteiger partial charge in [-0.2, -0.15) is 0 Å². The molecule has 0 saturated carbocycles. The summed E-state index contributed by atoms with van der Waals surface area (Å²) >= 11 is 5.88. The van der Waals surface area contributed by atoms with E-state index in [1.165, 1.54) is 35.3 Å². The van der Waals surface area contributed by atoms with E-state index in [1.807, 2.05) is 24.3 Å². The Balaban J connectivity index is 1.48. The number of quaternary nitrogens is 1. The van der Waals surface area contributed by atoms with Crippen molar-refractivity contribution in [2.24, 2.45) is 0 Å². The number of likely N-dealkylation sites (N-methyl/N-ethyl adjacent to an activating group) is 1. The molecule has 0 heterocycles. The molecule has 0 radical (unpaired) electrons. The lowest BCUT2D eigenvalue weighted by Crippen LogP contribution is -3.10. The van der Waals surface area contributed by atoms with Gasteiger partial charge < -0.3 is 14.7 Å². The number of aliphatic hydroxyl groups excluding tert-OH is 1. The zero-order valence-corrected chi connectivity index (χ0v) is 15.5. The summed E-state index contributed by atoms with van der Waals surface area (Å²) in [6.45, 7) is 1.55. The second-order valence-electron chi connectivity index (χ2n) is 6.99. The Hall–Kier alpha value is -1.39. The first-order chi connectivity index (χ1) is 12.1. The molecule has 0 saturated heterocycles. The van der Waals surface area contributed by atoms with Crippen LogP contribution in [0.1, 0.15) is 35.6 Å². The van der Waals surface area contributed by atoms with E-state index in [-0.39, 0.29) is 0 Å². The van der Waals surface area contributed by atoms with Gasteiger partial charge in [0.1, 0.15) is 18.7 Å². The summed E-state index contributed by atoms with van der Waals surface area (Å²) in [5.41, 5.74) is 3.98. The van der Waals surface area contributed by atoms with E-state index < -0.39 is 6.10 Å². The minimum Gasteiger partial charge on any atom is -0.385 e. The van der Waals surface area contributed by atoms with Crippen LogP contribution in [0.15, 0.2) is 48.5 Å². The number of aliphatic hydroxyl groups is 1. The number of ether oxygens (including phenoxy) is 1. The Morgan fingerprint density at radius 1 is 1.20 bits per heavy atom. The van der Waals surface area contributed by atoms with Crippen LogP contribution in [0.3, 0.4) is 0 Å². The Morgan fingerprint density at radius 2 is 1.96 bits per heavy atom. The summed E-state index contributed by atoms with van der Waals surface area (Å²) < 4.78 is 5.67. The van der Waals surface area contributed by atoms with Crippen molar-refractivity contribution in [2.75, 3.05) is 20.2 Å². The maximum atomic E-state index is 10.4. The average Bonchev–Trinajstić information content (AvgIpc) is 2.63. The molecule has 3 rings (SSSR count). The topological polar surface area (TPSA) is 33.9 Å². The summed E-state index contributed by atoms with van der Waals surface area (Å²) in [5, 5.41) is 11.1. The molecule has 0 aliphatic heterocycles. The molecule has 3 atom stereocenters. The third kappa shape index (κ3) is 5.05. The summed E-state index contributed by atoms with van der Waals surface area (Å²) in [5.74, 6) is 0. The number of rotatable bonds is 7. The zero-order valence-electron chi connectivity index (χ0n) is 14.7. The molecule has 25 heavy (non-hydrogen) atoms. The molecule has 1 unspecified atom stereocenters. The van der Waals surface area contributed by atoms with Crippen molar-refractivity contribution >= 4 is 11.6 Å². The van der Waals surface area contributed by atoms with Gasteiger partial charge in [0.2, 0.25) is 0 Å². The fraction of sp³-hybridized carbons (Fsp3) is 0.429. The zero-order chi connectivity index (χ0) is 17.6. The van der Waals surface area contributed by atoms with Gasteiger partial charge in [0.25, 0.3) is 0 Å². The van der Waals surface area contributed by atoms with Crippen LogP contribution in [0.4, 0.5) is 0 Å². The summed E-state index contributed by atoms with van der Waals surface area (Å²) in [6, 6.07) is 16.8. The average molecular weight is 361 g/mol. The van der Waals surface area contributed by atoms with E-state index in [0.717, 1.165) is 10.6 Å². The van der Waals surface area contributed by atoms with Crippen LogP contribution in [0, 0.1) is 0 Å². The molecule has 2 aromatic rings. The van der Waals surface area contributed by atoms with Crippen LogP contribution in [0.25, 0.3) is 0 Å². The predicted octanol–water partition coefficient (Wildman–Crippen LogP) is 2.81. The normalized spacial score (nSPS) is 19.2. The van der Waals surface area contributed by atoms with E-state index in [0.29, 0.717) is 25.8 Å². The molecular formula is C21H27ClNO2+. The van der Waals surface area contributed by atoms with E-state index in [2.05, 4.69) is 31.3 Å². The van der Waals surface area contributed by atoms with Gasteiger partial charge in [0.05, 0.1) is 20.3 Å². The maximum Gasteiger partial charge on any atom is 0.126 e. The Bertz CT molecular complexity index is 674. The van der Waals surface area contributed by atoms with Crippen LogP contribution in [-0.2, 0) is 17.8 Å². The van der Waals surface area contributed by atoms with Gasteiger partial charge in [-0.05, 0) is 36.1 Å². The van der Waals surface area contributed by atoms with Crippen LogP contribution in [-0.4, -0.2) is 31.4 Å². The molecule has 0 spiro atoms. The molecule has 0 amide bonds. The predicted molar refractivity (Wildman–Crippen MR) is 101 cm³/mol. The van der Waals surface area contributed by atoms with Gasteiger partial charge in [0.15, 0.2) is 0 Å². The fourth-order valence-corrected chi connectivity index (χ4v) is 3.86. The van der Waals surface area contributed by atoms with Crippen molar-refractivity contribution in [3.63, 3.8) is 0 Å². The van der Waals surface area contributed by atoms with Crippen molar-refractivity contribution in [1.29, 1.82) is 0 Å². The number of halogens is 1. The minimum atomic E-state index is -0.457. The lowest BCUT2D eigenvalue weighted by Gasteiger charge is -2.31. The number of hydrogen-bond acceptors (Lipinski definition) is 2. The number of nitrogens with one attached hydrogen (secondary N) is 1. The van der Waals surface area contributed by atoms with E-state index in [1.54, 1.807) is 0 Å². The lowest BCUT2D eigenvalue weighted by atomic mass is 9.87. The first-order valence-corrected chi connectivity index (χ1v) is 9.41. The number of benzene rings is 2. The second kappa shape index (κ2) is 8.81. The molecule has 134 valence electrons. The third-order valence-corrected chi connectivity index (χ3v) is 5.27. The van der Waals surface area contributed by atoms with Crippen LogP contribution in [0.5, 0.6) is 0 Å². The molecule has 1 aliphatic rings. The highest BCUT2D eigenvalue weighted by Crippen LogP contribution is 2.27. The Labute approximate surface area is 155 Å². The smallest absolute Gasteiger partial charge is 0.126 e. The fourth-order valence-electron chi connectivity index (χ4n) is 3.73. The summed E-state index contributed by atoms with van der Waals surface area (Å²) in [7, 11) is 2.18. The molecule has 1 aliphatic carbocycles. The first kappa shape index (κ1) is 18.4. The van der Waals surface area contributed by atoms with Gasteiger partial charge in [0, 0.05) is 17.0 Å². The second-order valence-corrected chi connectivity index (χ2v) is 7.43. The molecule has 2 aromatic carbocycles. The molecular weight excluding hydrogens is 334 g/mol. The quantitative estimate of drug-likeness (QED) is 0.796. The highest BCUT2D eigenvalue weighted by molar-refractivity contribution is 6.30. The Kier molecular flexibility index (Phi) is 6.49. The number of fused-ring (bicyclic) bond motifs is 1. The van der Waals surface area contributed by atoms with Gasteiger partial charge in [-0.25, -0.2) is 0 Å². The number of hydrogen-bond donors (Lipinski definition) is 2. The standard InChI is InChI=1S/C21H26ClNO2/c1-23(21-8-4-6-17-5-2-3-7-20(17)21)13-19(24)15-25-14-16-9-11-18(22)12-10-16/h2-3,5,7,9-12,19,21,24H,4,6,8,13-15H2,1H3/p+1/t19-,21+/m0/s1. The molecule has 3 nitrogen and oxygen atoms in total. The van der Waals surface area contributed by atoms with Crippen LogP contribution >= 0.6 is 11.6 Å². The molecule has 0 bridgehead atoms. The van der Waals surface area contributed by atoms with E-state index >= 15 is 0 Å². The SMILES string of the molecule is C[NH+](C[C@H](O)COCc1ccc(Cl)cc1)[C@@H]1CCCc2ccccc21. The first-order valence-electron chi connectivity index (χ1n) is 9.04. The summed E-state index contributed by atoms with van der Waals surface area (Å²) in [4.78, 5) is 1.36. The maximum absolute atomic E-state index is 10.4. The monoisotopic (exact) mass is 360 g/mol. The molecule has 0 aromatic heterocycles. The molecule has 4 heteroatoms. The van der Waals surface area contributed by atoms with Crippen molar-refractivity contribution in [2.45, 2.75) is 38.0 Å². The van der Waals surface area contributed by atoms with Crippen molar-refractivity contribution in [3.8, 4) is 0 Å². The van der Waals surface area contributed by atoms with Crippen molar-refractivity contribution in [3.05, 3.63) is 70.2 Å². The van der Waals surface area contributed by atoms with Gasteiger partial charge in [-0.3, -0.25) is 0 Å². The van der Waals surface area contributed by atoms with E-state index in [9.17, 15) is 5.11 Å². The van der Waals surface area contributed by atoms with Gasteiger partial charge in [-0.15, -0.1) is 0 Å².